The molecule has 0 spiro atoms. The van der Waals surface area contributed by atoms with E-state index in [1.807, 2.05) is 24.4 Å². The summed E-state index contributed by atoms with van der Waals surface area (Å²) in [4.78, 5) is 8.61. The molecule has 16 heavy (non-hydrogen) atoms. The van der Waals surface area contributed by atoms with Gasteiger partial charge in [0.05, 0.1) is 5.71 Å². The highest BCUT2D eigenvalue weighted by atomic mass is 16.5. The molecule has 1 aliphatic carbocycles. The van der Waals surface area contributed by atoms with Crippen molar-refractivity contribution < 1.29 is 4.74 Å². The molecule has 0 atom stereocenters. The Labute approximate surface area is 92.5 Å². The minimum atomic E-state index is 0.829. The summed E-state index contributed by atoms with van der Waals surface area (Å²) in [5, 5.41) is 0. The van der Waals surface area contributed by atoms with Gasteiger partial charge in [0.25, 0.3) is 0 Å². The zero-order chi connectivity index (χ0) is 10.5. The average molecular weight is 208 g/mol. The van der Waals surface area contributed by atoms with Gasteiger partial charge in [-0.3, -0.25) is 9.98 Å². The van der Waals surface area contributed by atoms with Gasteiger partial charge in [0.2, 0.25) is 0 Å². The summed E-state index contributed by atoms with van der Waals surface area (Å²) in [6.07, 6.45) is 8.58. The van der Waals surface area contributed by atoms with Crippen molar-refractivity contribution in [2.75, 3.05) is 0 Å². The van der Waals surface area contributed by atoms with E-state index in [2.05, 4.69) is 16.1 Å². The van der Waals surface area contributed by atoms with Crippen molar-refractivity contribution in [3.8, 4) is 5.75 Å². The lowest BCUT2D eigenvalue weighted by molar-refractivity contribution is 0.430. The standard InChI is InChI=1S/C13H8N2O/c1-2-12-11(14-4-1)6-8-3-5-15-10-7-9(10)13(8)16-12/h1-6H,7H2. The van der Waals surface area contributed by atoms with Crippen LogP contribution < -0.4 is 4.74 Å². The lowest BCUT2D eigenvalue weighted by atomic mass is 10.1. The molecule has 0 bridgehead atoms. The quantitative estimate of drug-likeness (QED) is 0.656. The van der Waals surface area contributed by atoms with Crippen molar-refractivity contribution in [2.45, 2.75) is 6.42 Å². The van der Waals surface area contributed by atoms with Crippen molar-refractivity contribution >= 4 is 11.8 Å². The number of hydrogen-bond acceptors (Lipinski definition) is 3. The summed E-state index contributed by atoms with van der Waals surface area (Å²) >= 11 is 0. The summed E-state index contributed by atoms with van der Waals surface area (Å²) in [7, 11) is 0. The van der Waals surface area contributed by atoms with Gasteiger partial charge in [-0.2, -0.15) is 0 Å². The van der Waals surface area contributed by atoms with Gasteiger partial charge in [-0.05, 0) is 24.3 Å². The highest BCUT2D eigenvalue weighted by Crippen LogP contribution is 2.40. The summed E-state index contributed by atoms with van der Waals surface area (Å²) in [5.41, 5.74) is 4.32. The number of pyridine rings is 1. The molecule has 1 saturated carbocycles. The highest BCUT2D eigenvalue weighted by Gasteiger charge is 2.33. The van der Waals surface area contributed by atoms with Crippen LogP contribution in [-0.2, 0) is 0 Å². The van der Waals surface area contributed by atoms with Crippen LogP contribution in [0.15, 0.2) is 52.5 Å². The highest BCUT2D eigenvalue weighted by molar-refractivity contribution is 6.19. The molecule has 1 fully saturated rings. The Morgan fingerprint density at radius 3 is 3.31 bits per heavy atom. The maximum absolute atomic E-state index is 5.89. The van der Waals surface area contributed by atoms with Crippen LogP contribution in [0.3, 0.4) is 0 Å². The second-order valence-electron chi connectivity index (χ2n) is 3.96. The van der Waals surface area contributed by atoms with E-state index in [9.17, 15) is 0 Å². The van der Waals surface area contributed by atoms with E-state index < -0.39 is 0 Å². The molecular weight excluding hydrogens is 200 g/mol. The van der Waals surface area contributed by atoms with Crippen LogP contribution in [0.4, 0.5) is 0 Å². The summed E-state index contributed by atoms with van der Waals surface area (Å²) in [6.45, 7) is 0. The predicted molar refractivity (Wildman–Crippen MR) is 61.1 cm³/mol. The van der Waals surface area contributed by atoms with E-state index >= 15 is 0 Å². The first-order chi connectivity index (χ1) is 7.92. The average Bonchev–Trinajstić information content (AvgIpc) is 3.07. The first-order valence-electron chi connectivity index (χ1n) is 5.23. The minimum Gasteiger partial charge on any atom is -0.454 e. The molecule has 1 aromatic rings. The molecule has 0 unspecified atom stereocenters. The number of allylic oxidation sites excluding steroid dienone is 2. The zero-order valence-electron chi connectivity index (χ0n) is 8.47. The Hall–Kier alpha value is -2.16. The summed E-state index contributed by atoms with van der Waals surface area (Å²) < 4.78 is 5.89. The molecule has 0 aromatic carbocycles. The molecule has 76 valence electrons. The monoisotopic (exact) mass is 208 g/mol. The van der Waals surface area contributed by atoms with Crippen LogP contribution in [0, 0.1) is 0 Å². The first-order valence-corrected chi connectivity index (χ1v) is 5.23. The van der Waals surface area contributed by atoms with Crippen LogP contribution in [-0.4, -0.2) is 10.7 Å². The third-order valence-electron chi connectivity index (χ3n) is 2.89. The van der Waals surface area contributed by atoms with E-state index in [0.29, 0.717) is 0 Å². The van der Waals surface area contributed by atoms with Crippen molar-refractivity contribution in [3.05, 3.63) is 53.2 Å². The van der Waals surface area contributed by atoms with Gasteiger partial charge in [-0.15, -0.1) is 0 Å². The number of nitrogens with zero attached hydrogens (tertiary/aromatic N) is 2. The SMILES string of the molecule is C1=CC2=Cc3ncccc3OC2=C2CC2=N1. The van der Waals surface area contributed by atoms with E-state index in [-0.39, 0.29) is 0 Å². The van der Waals surface area contributed by atoms with Gasteiger partial charge in [0.1, 0.15) is 11.5 Å². The number of aromatic nitrogens is 1. The number of ether oxygens (including phenoxy) is 1. The van der Waals surface area contributed by atoms with Gasteiger partial charge in [0, 0.05) is 30.0 Å². The topological polar surface area (TPSA) is 34.5 Å². The molecule has 0 radical (unpaired) electrons. The third-order valence-corrected chi connectivity index (χ3v) is 2.89. The van der Waals surface area contributed by atoms with E-state index in [0.717, 1.165) is 34.9 Å². The lowest BCUT2D eigenvalue weighted by Gasteiger charge is -2.17. The van der Waals surface area contributed by atoms with E-state index in [4.69, 9.17) is 4.74 Å². The predicted octanol–water partition coefficient (Wildman–Crippen LogP) is 2.48. The van der Waals surface area contributed by atoms with Gasteiger partial charge < -0.3 is 4.74 Å². The van der Waals surface area contributed by atoms with E-state index in [1.54, 1.807) is 6.20 Å². The third kappa shape index (κ3) is 1.03. The van der Waals surface area contributed by atoms with Gasteiger partial charge in [-0.1, -0.05) is 0 Å². The molecule has 1 aromatic heterocycles. The second kappa shape index (κ2) is 2.70. The number of hydrogen-bond donors (Lipinski definition) is 0. The Bertz CT molecular complexity index is 621. The maximum atomic E-state index is 5.89. The fourth-order valence-corrected chi connectivity index (χ4v) is 2.00. The van der Waals surface area contributed by atoms with Crippen molar-refractivity contribution in [2.24, 2.45) is 4.99 Å². The van der Waals surface area contributed by atoms with Gasteiger partial charge in [-0.25, -0.2) is 0 Å². The van der Waals surface area contributed by atoms with Crippen molar-refractivity contribution in [1.29, 1.82) is 0 Å². The van der Waals surface area contributed by atoms with Crippen LogP contribution in [0.25, 0.3) is 6.08 Å². The summed E-state index contributed by atoms with van der Waals surface area (Å²) in [5.74, 6) is 1.78. The van der Waals surface area contributed by atoms with Crippen LogP contribution >= 0.6 is 0 Å². The molecule has 3 aliphatic rings. The Balaban J connectivity index is 1.97. The van der Waals surface area contributed by atoms with Crippen molar-refractivity contribution in [3.63, 3.8) is 0 Å². The number of aliphatic imine (C=N–C) groups is 1. The molecule has 3 nitrogen and oxygen atoms in total. The largest absolute Gasteiger partial charge is 0.454 e. The zero-order valence-corrected chi connectivity index (χ0v) is 8.47. The molecular formula is C13H8N2O. The van der Waals surface area contributed by atoms with Crippen LogP contribution in [0.2, 0.25) is 0 Å². The fraction of sp³-hybridized carbons (Fsp3) is 0.0769. The fourth-order valence-electron chi connectivity index (χ4n) is 2.00. The first kappa shape index (κ1) is 8.05. The molecule has 0 saturated heterocycles. The molecule has 2 aliphatic heterocycles. The second-order valence-corrected chi connectivity index (χ2v) is 3.96. The Morgan fingerprint density at radius 1 is 1.31 bits per heavy atom. The molecule has 3 heterocycles. The molecule has 4 rings (SSSR count). The Kier molecular flexibility index (Phi) is 1.36. The molecule has 0 amide bonds. The van der Waals surface area contributed by atoms with Crippen molar-refractivity contribution in [1.82, 2.24) is 4.98 Å². The number of rotatable bonds is 0. The van der Waals surface area contributed by atoms with Gasteiger partial charge >= 0.3 is 0 Å². The maximum Gasteiger partial charge on any atom is 0.153 e. The molecule has 3 heteroatoms. The number of fused-ring (bicyclic) bond motifs is 3. The molecule has 0 N–H and O–H groups in total. The van der Waals surface area contributed by atoms with Crippen LogP contribution in [0.5, 0.6) is 5.75 Å². The lowest BCUT2D eigenvalue weighted by Crippen LogP contribution is -2.05. The van der Waals surface area contributed by atoms with Crippen LogP contribution in [0.1, 0.15) is 12.1 Å². The Morgan fingerprint density at radius 2 is 2.31 bits per heavy atom. The van der Waals surface area contributed by atoms with Gasteiger partial charge in [0.15, 0.2) is 5.75 Å². The summed E-state index contributed by atoms with van der Waals surface area (Å²) in [6, 6.07) is 3.83. The normalized spacial score (nSPS) is 19.8. The smallest absolute Gasteiger partial charge is 0.153 e. The van der Waals surface area contributed by atoms with E-state index in [1.165, 1.54) is 5.57 Å². The minimum absolute atomic E-state index is 0.829.